The second kappa shape index (κ2) is 6.57. The van der Waals surface area contributed by atoms with E-state index in [1.807, 2.05) is 36.4 Å². The SMILES string of the molecule is Brc1ccc(-c2ccc(CNC[C@H]3CCCO3)o2)cc1. The van der Waals surface area contributed by atoms with Crippen molar-refractivity contribution in [3.8, 4) is 11.3 Å². The van der Waals surface area contributed by atoms with Gasteiger partial charge in [-0.05, 0) is 37.1 Å². The number of hydrogen-bond acceptors (Lipinski definition) is 3. The van der Waals surface area contributed by atoms with Crippen molar-refractivity contribution >= 4 is 15.9 Å². The van der Waals surface area contributed by atoms with Crippen LogP contribution in [0, 0.1) is 0 Å². The lowest BCUT2D eigenvalue weighted by Crippen LogP contribution is -2.25. The van der Waals surface area contributed by atoms with Crippen molar-refractivity contribution in [1.29, 1.82) is 0 Å². The van der Waals surface area contributed by atoms with Gasteiger partial charge in [0.05, 0.1) is 12.6 Å². The lowest BCUT2D eigenvalue weighted by Gasteiger charge is -2.09. The van der Waals surface area contributed by atoms with Gasteiger partial charge in [-0.2, -0.15) is 0 Å². The highest BCUT2D eigenvalue weighted by Crippen LogP contribution is 2.24. The summed E-state index contributed by atoms with van der Waals surface area (Å²) in [5.41, 5.74) is 1.10. The van der Waals surface area contributed by atoms with Crippen LogP contribution in [0.2, 0.25) is 0 Å². The van der Waals surface area contributed by atoms with E-state index in [4.69, 9.17) is 9.15 Å². The Hall–Kier alpha value is -1.10. The van der Waals surface area contributed by atoms with Gasteiger partial charge >= 0.3 is 0 Å². The van der Waals surface area contributed by atoms with Crippen LogP contribution in [0.5, 0.6) is 0 Å². The monoisotopic (exact) mass is 335 g/mol. The van der Waals surface area contributed by atoms with Crippen LogP contribution in [0.1, 0.15) is 18.6 Å². The van der Waals surface area contributed by atoms with Gasteiger partial charge in [-0.3, -0.25) is 0 Å². The van der Waals surface area contributed by atoms with Crippen LogP contribution < -0.4 is 5.32 Å². The third kappa shape index (κ3) is 3.51. The lowest BCUT2D eigenvalue weighted by molar-refractivity contribution is 0.109. The minimum absolute atomic E-state index is 0.371. The van der Waals surface area contributed by atoms with Crippen LogP contribution in [-0.2, 0) is 11.3 Å². The van der Waals surface area contributed by atoms with Crippen LogP contribution in [0.15, 0.2) is 45.3 Å². The normalized spacial score (nSPS) is 18.6. The zero-order valence-electron chi connectivity index (χ0n) is 11.3. The molecule has 1 fully saturated rings. The van der Waals surface area contributed by atoms with Crippen molar-refractivity contribution in [3.63, 3.8) is 0 Å². The summed E-state index contributed by atoms with van der Waals surface area (Å²) < 4.78 is 12.5. The molecule has 4 heteroatoms. The fourth-order valence-corrected chi connectivity index (χ4v) is 2.67. The molecule has 0 bridgehead atoms. The van der Waals surface area contributed by atoms with Crippen molar-refractivity contribution in [2.75, 3.05) is 13.2 Å². The van der Waals surface area contributed by atoms with Gasteiger partial charge in [0.1, 0.15) is 11.5 Å². The van der Waals surface area contributed by atoms with Gasteiger partial charge in [-0.1, -0.05) is 28.1 Å². The van der Waals surface area contributed by atoms with Gasteiger partial charge in [0, 0.05) is 23.2 Å². The quantitative estimate of drug-likeness (QED) is 0.897. The molecule has 2 heterocycles. The summed E-state index contributed by atoms with van der Waals surface area (Å²) in [6, 6.07) is 12.2. The van der Waals surface area contributed by atoms with Crippen LogP contribution in [0.25, 0.3) is 11.3 Å². The summed E-state index contributed by atoms with van der Waals surface area (Å²) in [6.07, 6.45) is 2.71. The summed E-state index contributed by atoms with van der Waals surface area (Å²) in [5.74, 6) is 1.87. The number of hydrogen-bond donors (Lipinski definition) is 1. The highest BCUT2D eigenvalue weighted by molar-refractivity contribution is 9.10. The molecular formula is C16H18BrNO2. The molecule has 1 aliphatic rings. The van der Waals surface area contributed by atoms with E-state index in [0.29, 0.717) is 6.10 Å². The highest BCUT2D eigenvalue weighted by atomic mass is 79.9. The van der Waals surface area contributed by atoms with E-state index in [0.717, 1.165) is 47.7 Å². The third-order valence-electron chi connectivity index (χ3n) is 3.49. The molecule has 0 saturated carbocycles. The maximum atomic E-state index is 5.86. The Kier molecular flexibility index (Phi) is 4.55. The fraction of sp³-hybridized carbons (Fsp3) is 0.375. The Bertz CT molecular complexity index is 544. The minimum atomic E-state index is 0.371. The predicted molar refractivity (Wildman–Crippen MR) is 82.5 cm³/mol. The van der Waals surface area contributed by atoms with Crippen molar-refractivity contribution in [2.24, 2.45) is 0 Å². The van der Waals surface area contributed by atoms with Gasteiger partial charge in [-0.15, -0.1) is 0 Å². The van der Waals surface area contributed by atoms with E-state index < -0.39 is 0 Å². The molecule has 1 N–H and O–H groups in total. The lowest BCUT2D eigenvalue weighted by atomic mass is 10.2. The highest BCUT2D eigenvalue weighted by Gasteiger charge is 2.14. The van der Waals surface area contributed by atoms with E-state index in [1.54, 1.807) is 0 Å². The molecule has 3 nitrogen and oxygen atoms in total. The van der Waals surface area contributed by atoms with Gasteiger partial charge < -0.3 is 14.5 Å². The largest absolute Gasteiger partial charge is 0.460 e. The number of nitrogens with one attached hydrogen (secondary N) is 1. The maximum absolute atomic E-state index is 5.86. The Morgan fingerprint density at radius 2 is 2.00 bits per heavy atom. The number of halogens is 1. The van der Waals surface area contributed by atoms with Crippen molar-refractivity contribution < 1.29 is 9.15 Å². The first kappa shape index (κ1) is 13.9. The Labute approximate surface area is 127 Å². The first-order valence-corrected chi connectivity index (χ1v) is 7.77. The smallest absolute Gasteiger partial charge is 0.134 e. The van der Waals surface area contributed by atoms with E-state index in [1.165, 1.54) is 6.42 Å². The number of ether oxygens (including phenoxy) is 1. The van der Waals surface area contributed by atoms with Crippen LogP contribution in [0.3, 0.4) is 0 Å². The molecule has 1 aromatic heterocycles. The second-order valence-electron chi connectivity index (χ2n) is 5.04. The van der Waals surface area contributed by atoms with Crippen LogP contribution >= 0.6 is 15.9 Å². The first-order valence-electron chi connectivity index (χ1n) is 6.98. The van der Waals surface area contributed by atoms with E-state index >= 15 is 0 Å². The van der Waals surface area contributed by atoms with E-state index in [2.05, 4.69) is 21.2 Å². The molecule has 0 spiro atoms. The molecule has 2 aromatic rings. The zero-order chi connectivity index (χ0) is 13.8. The number of benzene rings is 1. The molecule has 1 aromatic carbocycles. The average molecular weight is 336 g/mol. The Morgan fingerprint density at radius 3 is 2.75 bits per heavy atom. The van der Waals surface area contributed by atoms with E-state index in [9.17, 15) is 0 Å². The van der Waals surface area contributed by atoms with Crippen molar-refractivity contribution in [3.05, 3.63) is 46.6 Å². The number of rotatable bonds is 5. The minimum Gasteiger partial charge on any atom is -0.460 e. The zero-order valence-corrected chi connectivity index (χ0v) is 12.9. The third-order valence-corrected chi connectivity index (χ3v) is 4.01. The molecule has 106 valence electrons. The Balaban J connectivity index is 1.55. The van der Waals surface area contributed by atoms with Crippen LogP contribution in [-0.4, -0.2) is 19.3 Å². The standard InChI is InChI=1S/C16H18BrNO2/c17-13-5-3-12(4-6-13)16-8-7-15(20-16)11-18-10-14-2-1-9-19-14/h3-8,14,18H,1-2,9-11H2/t14-/m1/s1. The molecule has 1 atom stereocenters. The topological polar surface area (TPSA) is 34.4 Å². The van der Waals surface area contributed by atoms with Crippen molar-refractivity contribution in [1.82, 2.24) is 5.32 Å². The molecule has 1 aliphatic heterocycles. The number of furan rings is 1. The Morgan fingerprint density at radius 1 is 1.15 bits per heavy atom. The summed E-state index contributed by atoms with van der Waals surface area (Å²) in [4.78, 5) is 0. The average Bonchev–Trinajstić information content (AvgIpc) is 3.11. The molecule has 0 aliphatic carbocycles. The van der Waals surface area contributed by atoms with Gasteiger partial charge in [0.25, 0.3) is 0 Å². The predicted octanol–water partition coefficient (Wildman–Crippen LogP) is 3.98. The second-order valence-corrected chi connectivity index (χ2v) is 5.95. The molecule has 0 radical (unpaired) electrons. The molecule has 0 unspecified atom stereocenters. The van der Waals surface area contributed by atoms with Crippen LogP contribution in [0.4, 0.5) is 0 Å². The summed E-state index contributed by atoms with van der Waals surface area (Å²) >= 11 is 3.44. The molecule has 20 heavy (non-hydrogen) atoms. The maximum Gasteiger partial charge on any atom is 0.134 e. The molecule has 1 saturated heterocycles. The van der Waals surface area contributed by atoms with Gasteiger partial charge in [-0.25, -0.2) is 0 Å². The summed E-state index contributed by atoms with van der Waals surface area (Å²) in [7, 11) is 0. The van der Waals surface area contributed by atoms with Crippen molar-refractivity contribution in [2.45, 2.75) is 25.5 Å². The van der Waals surface area contributed by atoms with E-state index in [-0.39, 0.29) is 0 Å². The van der Waals surface area contributed by atoms with Gasteiger partial charge in [0.2, 0.25) is 0 Å². The van der Waals surface area contributed by atoms with Gasteiger partial charge in [0.15, 0.2) is 0 Å². The molecular weight excluding hydrogens is 318 g/mol. The molecule has 0 amide bonds. The summed E-state index contributed by atoms with van der Waals surface area (Å²) in [6.45, 7) is 2.55. The fourth-order valence-electron chi connectivity index (χ4n) is 2.40. The summed E-state index contributed by atoms with van der Waals surface area (Å²) in [5, 5.41) is 3.39. The first-order chi connectivity index (χ1) is 9.81. The molecule has 3 rings (SSSR count).